The van der Waals surface area contributed by atoms with Crippen LogP contribution >= 0.6 is 0 Å². The van der Waals surface area contributed by atoms with Crippen LogP contribution < -0.4 is 5.56 Å². The fourth-order valence-corrected chi connectivity index (χ4v) is 1.91. The van der Waals surface area contributed by atoms with Crippen LogP contribution in [-0.4, -0.2) is 25.4 Å². The van der Waals surface area contributed by atoms with Gasteiger partial charge in [-0.05, 0) is 0 Å². The predicted octanol–water partition coefficient (Wildman–Crippen LogP) is 1.23. The van der Waals surface area contributed by atoms with Crippen molar-refractivity contribution in [3.05, 3.63) is 28.2 Å². The highest BCUT2D eigenvalue weighted by molar-refractivity contribution is 5.79. The minimum atomic E-state index is -4.67. The van der Waals surface area contributed by atoms with E-state index in [9.17, 15) is 22.8 Å². The largest absolute Gasteiger partial charge is 0.481 e. The van der Waals surface area contributed by atoms with Crippen molar-refractivity contribution in [1.29, 1.82) is 0 Å². The third kappa shape index (κ3) is 2.51. The van der Waals surface area contributed by atoms with Crippen molar-refractivity contribution in [2.75, 3.05) is 0 Å². The van der Waals surface area contributed by atoms with Crippen molar-refractivity contribution >= 4 is 17.0 Å². The van der Waals surface area contributed by atoms with Crippen LogP contribution in [0.25, 0.3) is 11.0 Å². The summed E-state index contributed by atoms with van der Waals surface area (Å²) in [4.78, 5) is 22.3. The molecule has 9 heteroatoms. The van der Waals surface area contributed by atoms with Gasteiger partial charge < -0.3 is 5.11 Å². The maximum atomic E-state index is 12.9. The molecule has 6 nitrogen and oxygen atoms in total. The maximum Gasteiger partial charge on any atom is 0.417 e. The van der Waals surface area contributed by atoms with Gasteiger partial charge in [-0.15, -0.1) is 0 Å². The summed E-state index contributed by atoms with van der Waals surface area (Å²) in [6, 6.07) is 0.464. The summed E-state index contributed by atoms with van der Waals surface area (Å²) in [6.07, 6.45) is -3.90. The van der Waals surface area contributed by atoms with Gasteiger partial charge in [-0.2, -0.15) is 18.3 Å². The monoisotopic (exact) mass is 289 g/mol. The zero-order chi connectivity index (χ0) is 15.1. The molecular weight excluding hydrogens is 279 g/mol. The Morgan fingerprint density at radius 2 is 2.10 bits per heavy atom. The number of aliphatic carboxylic acids is 1. The summed E-state index contributed by atoms with van der Waals surface area (Å²) in [5.74, 6) is -1.15. The molecule has 0 bridgehead atoms. The van der Waals surface area contributed by atoms with Crippen molar-refractivity contribution in [2.45, 2.75) is 19.1 Å². The summed E-state index contributed by atoms with van der Waals surface area (Å²) in [7, 11) is 1.42. The van der Waals surface area contributed by atoms with Crippen LogP contribution in [0.5, 0.6) is 0 Å². The lowest BCUT2D eigenvalue weighted by Gasteiger charge is -2.10. The number of nitrogens with zero attached hydrogens (tertiary/aromatic N) is 3. The Labute approximate surface area is 110 Å². The van der Waals surface area contributed by atoms with Gasteiger partial charge in [0.05, 0.1) is 12.0 Å². The lowest BCUT2D eigenvalue weighted by Crippen LogP contribution is -2.24. The number of pyridine rings is 1. The molecule has 108 valence electrons. The third-order valence-corrected chi connectivity index (χ3v) is 2.74. The van der Waals surface area contributed by atoms with E-state index < -0.39 is 23.3 Å². The molecule has 2 aromatic rings. The van der Waals surface area contributed by atoms with Gasteiger partial charge in [0.15, 0.2) is 5.65 Å². The molecule has 0 saturated carbocycles. The van der Waals surface area contributed by atoms with Crippen LogP contribution in [0.2, 0.25) is 0 Å². The predicted molar refractivity (Wildman–Crippen MR) is 62.2 cm³/mol. The second-order valence-corrected chi connectivity index (χ2v) is 4.23. The molecule has 2 heterocycles. The first-order chi connectivity index (χ1) is 9.20. The number of carbonyl (C=O) groups is 1. The third-order valence-electron chi connectivity index (χ3n) is 2.74. The molecule has 0 fully saturated rings. The van der Waals surface area contributed by atoms with Crippen LogP contribution in [0.3, 0.4) is 0 Å². The Kier molecular flexibility index (Phi) is 3.28. The van der Waals surface area contributed by atoms with Gasteiger partial charge >= 0.3 is 12.1 Å². The van der Waals surface area contributed by atoms with Crippen molar-refractivity contribution in [3.8, 4) is 0 Å². The number of hydrogen-bond donors (Lipinski definition) is 1. The van der Waals surface area contributed by atoms with Crippen molar-refractivity contribution in [1.82, 2.24) is 14.3 Å². The van der Waals surface area contributed by atoms with E-state index in [2.05, 4.69) is 5.10 Å². The molecule has 0 aliphatic heterocycles. The fraction of sp³-hybridized carbons (Fsp3) is 0.364. The first-order valence-corrected chi connectivity index (χ1v) is 5.56. The molecule has 0 aromatic carbocycles. The number of halogens is 3. The molecule has 20 heavy (non-hydrogen) atoms. The lowest BCUT2D eigenvalue weighted by molar-refractivity contribution is -0.138. The van der Waals surface area contributed by atoms with Crippen LogP contribution in [0.4, 0.5) is 13.2 Å². The summed E-state index contributed by atoms with van der Waals surface area (Å²) in [5, 5.41) is 12.2. The average Bonchev–Trinajstić information content (AvgIpc) is 2.66. The number of hydrogen-bond acceptors (Lipinski definition) is 3. The number of carboxylic acid groups (broad SMARTS) is 1. The van der Waals surface area contributed by atoms with E-state index in [-0.39, 0.29) is 24.0 Å². The highest BCUT2D eigenvalue weighted by Crippen LogP contribution is 2.33. The summed E-state index contributed by atoms with van der Waals surface area (Å²) >= 11 is 0. The highest BCUT2D eigenvalue weighted by atomic mass is 19.4. The average molecular weight is 289 g/mol. The van der Waals surface area contributed by atoms with Gasteiger partial charge in [-0.1, -0.05) is 0 Å². The van der Waals surface area contributed by atoms with Crippen LogP contribution in [-0.2, 0) is 24.6 Å². The number of carboxylic acids is 1. The number of rotatable bonds is 3. The standard InChI is InChI=1S/C11H10F3N3O3/c1-16-5-6-7(11(12,13)14)4-8(18)17(10(6)15-16)3-2-9(19)20/h4-5H,2-3H2,1H3,(H,19,20). The molecule has 0 amide bonds. The number of aryl methyl sites for hydroxylation is 2. The van der Waals surface area contributed by atoms with Crippen molar-refractivity contribution < 1.29 is 23.1 Å². The van der Waals surface area contributed by atoms with E-state index in [0.29, 0.717) is 6.07 Å². The molecule has 0 aliphatic rings. The minimum Gasteiger partial charge on any atom is -0.481 e. The molecule has 2 rings (SSSR count). The first-order valence-electron chi connectivity index (χ1n) is 5.56. The number of aromatic nitrogens is 3. The Balaban J connectivity index is 2.69. The SMILES string of the molecule is Cn1cc2c(C(F)(F)F)cc(=O)n(CCC(=O)O)c2n1. The maximum absolute atomic E-state index is 12.9. The van der Waals surface area contributed by atoms with E-state index >= 15 is 0 Å². The quantitative estimate of drug-likeness (QED) is 0.922. The summed E-state index contributed by atoms with van der Waals surface area (Å²) in [5.41, 5.74) is -2.17. The number of alkyl halides is 3. The lowest BCUT2D eigenvalue weighted by atomic mass is 10.2. The van der Waals surface area contributed by atoms with Crippen LogP contribution in [0.15, 0.2) is 17.1 Å². The van der Waals surface area contributed by atoms with Gasteiger partial charge in [-0.3, -0.25) is 18.8 Å². The minimum absolute atomic E-state index is 0.173. The molecule has 0 aliphatic carbocycles. The molecule has 0 unspecified atom stereocenters. The topological polar surface area (TPSA) is 77.1 Å². The number of fused-ring (bicyclic) bond motifs is 1. The van der Waals surface area contributed by atoms with Crippen molar-refractivity contribution in [3.63, 3.8) is 0 Å². The smallest absolute Gasteiger partial charge is 0.417 e. The molecule has 0 saturated heterocycles. The Hall–Kier alpha value is -2.32. The van der Waals surface area contributed by atoms with Gasteiger partial charge in [0.25, 0.3) is 5.56 Å². The second kappa shape index (κ2) is 4.66. The molecule has 2 aromatic heterocycles. The Bertz CT molecular complexity index is 730. The fourth-order valence-electron chi connectivity index (χ4n) is 1.91. The van der Waals surface area contributed by atoms with Crippen LogP contribution in [0, 0.1) is 0 Å². The zero-order valence-corrected chi connectivity index (χ0v) is 10.3. The van der Waals surface area contributed by atoms with Gasteiger partial charge in [0.1, 0.15) is 0 Å². The van der Waals surface area contributed by atoms with E-state index in [4.69, 9.17) is 5.11 Å². The van der Waals surface area contributed by atoms with E-state index in [1.807, 2.05) is 0 Å². The Morgan fingerprint density at radius 1 is 1.45 bits per heavy atom. The molecular formula is C11H10F3N3O3. The van der Waals surface area contributed by atoms with Gasteiger partial charge in [-0.25, -0.2) is 0 Å². The van der Waals surface area contributed by atoms with Gasteiger partial charge in [0, 0.05) is 31.2 Å². The first kappa shape index (κ1) is 14.1. The second-order valence-electron chi connectivity index (χ2n) is 4.23. The van der Waals surface area contributed by atoms with Gasteiger partial charge in [0.2, 0.25) is 0 Å². The molecule has 0 atom stereocenters. The zero-order valence-electron chi connectivity index (χ0n) is 10.3. The normalized spacial score (nSPS) is 12.0. The van der Waals surface area contributed by atoms with E-state index in [0.717, 1.165) is 15.4 Å². The molecule has 1 N–H and O–H groups in total. The molecule has 0 spiro atoms. The van der Waals surface area contributed by atoms with Crippen molar-refractivity contribution in [2.24, 2.45) is 7.05 Å². The van der Waals surface area contributed by atoms with Crippen LogP contribution in [0.1, 0.15) is 12.0 Å². The Morgan fingerprint density at radius 3 is 2.65 bits per heavy atom. The van der Waals surface area contributed by atoms with E-state index in [1.54, 1.807) is 0 Å². The highest BCUT2D eigenvalue weighted by Gasteiger charge is 2.34. The van der Waals surface area contributed by atoms with E-state index in [1.165, 1.54) is 7.05 Å². The summed E-state index contributed by atoms with van der Waals surface area (Å²) < 4.78 is 40.7. The summed E-state index contributed by atoms with van der Waals surface area (Å²) in [6.45, 7) is -0.236. The molecule has 0 radical (unpaired) electrons.